The summed E-state index contributed by atoms with van der Waals surface area (Å²) in [5.74, 6) is 1.19. The highest BCUT2D eigenvalue weighted by atomic mass is 16.5. The number of methoxy groups -OCH3 is 1. The Bertz CT molecular complexity index is 1540. The minimum Gasteiger partial charge on any atom is -0.465 e. The van der Waals surface area contributed by atoms with Gasteiger partial charge in [-0.3, -0.25) is 4.98 Å². The summed E-state index contributed by atoms with van der Waals surface area (Å²) in [4.78, 5) is 23.3. The average Bonchev–Trinajstić information content (AvgIpc) is 3.61. The van der Waals surface area contributed by atoms with E-state index in [2.05, 4.69) is 9.88 Å². The Morgan fingerprint density at radius 3 is 2.64 bits per heavy atom. The van der Waals surface area contributed by atoms with Crippen molar-refractivity contribution in [3.63, 3.8) is 0 Å². The molecule has 10 heteroatoms. The number of benzene rings is 1. The van der Waals surface area contributed by atoms with Crippen LogP contribution in [0.1, 0.15) is 10.4 Å². The molecule has 0 radical (unpaired) electrons. The second kappa shape index (κ2) is 9.23. The quantitative estimate of drug-likeness (QED) is 0.353. The third-order valence-electron chi connectivity index (χ3n) is 6.09. The number of pyridine rings is 1. The molecule has 10 nitrogen and oxygen atoms in total. The monoisotopic (exact) mass is 481 g/mol. The Hall–Kier alpha value is -4.57. The fourth-order valence-electron chi connectivity index (χ4n) is 4.26. The Morgan fingerprint density at radius 2 is 1.83 bits per heavy atom. The molecule has 0 atom stereocenters. The summed E-state index contributed by atoms with van der Waals surface area (Å²) in [5, 5.41) is 9.59. The summed E-state index contributed by atoms with van der Waals surface area (Å²) >= 11 is 0. The second-order valence-corrected chi connectivity index (χ2v) is 8.33. The molecule has 0 aliphatic carbocycles. The SMILES string of the molecule is COC(=O)c1cccc(-c2ccn(-c3cc(N4CCOCC4)n4nc(-c5cccnc5)cc4n3)n2)c1. The van der Waals surface area contributed by atoms with E-state index in [1.54, 1.807) is 29.2 Å². The maximum atomic E-state index is 12.0. The van der Waals surface area contributed by atoms with Crippen molar-refractivity contribution in [1.82, 2.24) is 29.4 Å². The van der Waals surface area contributed by atoms with Gasteiger partial charge in [0, 0.05) is 54.9 Å². The zero-order valence-electron chi connectivity index (χ0n) is 19.6. The van der Waals surface area contributed by atoms with E-state index in [9.17, 15) is 4.79 Å². The maximum Gasteiger partial charge on any atom is 0.337 e. The van der Waals surface area contributed by atoms with Gasteiger partial charge in [-0.15, -0.1) is 0 Å². The fraction of sp³-hybridized carbons (Fsp3) is 0.192. The van der Waals surface area contributed by atoms with Crippen LogP contribution in [0.25, 0.3) is 34.0 Å². The number of rotatable bonds is 5. The zero-order valence-corrected chi connectivity index (χ0v) is 19.6. The highest BCUT2D eigenvalue weighted by molar-refractivity contribution is 5.90. The van der Waals surface area contributed by atoms with Crippen LogP contribution in [-0.4, -0.2) is 68.7 Å². The van der Waals surface area contributed by atoms with E-state index in [4.69, 9.17) is 24.7 Å². The summed E-state index contributed by atoms with van der Waals surface area (Å²) in [7, 11) is 1.37. The molecular weight excluding hydrogens is 458 g/mol. The van der Waals surface area contributed by atoms with E-state index in [1.807, 2.05) is 53.2 Å². The Morgan fingerprint density at radius 1 is 0.972 bits per heavy atom. The van der Waals surface area contributed by atoms with Crippen LogP contribution < -0.4 is 4.90 Å². The average molecular weight is 482 g/mol. The molecule has 0 bridgehead atoms. The van der Waals surface area contributed by atoms with Crippen molar-refractivity contribution in [2.45, 2.75) is 0 Å². The summed E-state index contributed by atoms with van der Waals surface area (Å²) in [6.07, 6.45) is 5.39. The molecule has 1 saturated heterocycles. The van der Waals surface area contributed by atoms with Crippen LogP contribution in [0.2, 0.25) is 0 Å². The number of carbonyl (C=O) groups excluding carboxylic acids is 1. The van der Waals surface area contributed by atoms with E-state index in [0.29, 0.717) is 30.2 Å². The van der Waals surface area contributed by atoms with Gasteiger partial charge in [-0.2, -0.15) is 14.7 Å². The molecule has 1 aliphatic rings. The van der Waals surface area contributed by atoms with E-state index in [0.717, 1.165) is 41.4 Å². The normalized spacial score (nSPS) is 13.8. The lowest BCUT2D eigenvalue weighted by Crippen LogP contribution is -2.37. The van der Waals surface area contributed by atoms with Crippen molar-refractivity contribution in [2.24, 2.45) is 0 Å². The summed E-state index contributed by atoms with van der Waals surface area (Å²) in [5.41, 5.74) is 4.43. The van der Waals surface area contributed by atoms with Gasteiger partial charge in [0.1, 0.15) is 5.82 Å². The largest absolute Gasteiger partial charge is 0.465 e. The van der Waals surface area contributed by atoms with Gasteiger partial charge in [0.2, 0.25) is 0 Å². The highest BCUT2D eigenvalue weighted by Gasteiger charge is 2.19. The molecule has 5 aromatic rings. The number of ether oxygens (including phenoxy) is 2. The molecule has 1 aliphatic heterocycles. The number of anilines is 1. The Kier molecular flexibility index (Phi) is 5.62. The summed E-state index contributed by atoms with van der Waals surface area (Å²) in [6.45, 7) is 2.81. The number of carbonyl (C=O) groups is 1. The first-order chi connectivity index (χ1) is 17.7. The number of fused-ring (bicyclic) bond motifs is 1. The molecule has 5 heterocycles. The van der Waals surface area contributed by atoms with Crippen LogP contribution >= 0.6 is 0 Å². The van der Waals surface area contributed by atoms with Crippen LogP contribution in [0.4, 0.5) is 5.82 Å². The van der Waals surface area contributed by atoms with Crippen molar-refractivity contribution >= 4 is 17.4 Å². The van der Waals surface area contributed by atoms with Crippen molar-refractivity contribution in [3.8, 4) is 28.3 Å². The lowest BCUT2D eigenvalue weighted by atomic mass is 10.1. The molecule has 6 rings (SSSR count). The number of esters is 1. The maximum absolute atomic E-state index is 12.0. The topological polar surface area (TPSA) is 99.7 Å². The lowest BCUT2D eigenvalue weighted by Gasteiger charge is -2.29. The molecule has 0 N–H and O–H groups in total. The molecule has 180 valence electrons. The molecule has 1 aromatic carbocycles. The van der Waals surface area contributed by atoms with Gasteiger partial charge >= 0.3 is 5.97 Å². The number of nitrogens with zero attached hydrogens (tertiary/aromatic N) is 7. The smallest absolute Gasteiger partial charge is 0.337 e. The first-order valence-electron chi connectivity index (χ1n) is 11.6. The van der Waals surface area contributed by atoms with Crippen molar-refractivity contribution < 1.29 is 14.3 Å². The van der Waals surface area contributed by atoms with Crippen molar-refractivity contribution in [2.75, 3.05) is 38.3 Å². The number of hydrogen-bond acceptors (Lipinski definition) is 8. The van der Waals surface area contributed by atoms with Gasteiger partial charge in [0.25, 0.3) is 0 Å². The van der Waals surface area contributed by atoms with Crippen molar-refractivity contribution in [1.29, 1.82) is 0 Å². The third kappa shape index (κ3) is 4.07. The molecule has 0 saturated carbocycles. The molecule has 1 fully saturated rings. The second-order valence-electron chi connectivity index (χ2n) is 8.33. The van der Waals surface area contributed by atoms with E-state index >= 15 is 0 Å². The van der Waals surface area contributed by atoms with Crippen LogP contribution in [0.15, 0.2) is 73.2 Å². The first kappa shape index (κ1) is 21.9. The third-order valence-corrected chi connectivity index (χ3v) is 6.09. The zero-order chi connectivity index (χ0) is 24.5. The van der Waals surface area contributed by atoms with E-state index in [-0.39, 0.29) is 5.97 Å². The van der Waals surface area contributed by atoms with Gasteiger partial charge in [-0.25, -0.2) is 14.5 Å². The Balaban J connectivity index is 1.43. The van der Waals surface area contributed by atoms with Gasteiger partial charge in [0.15, 0.2) is 11.5 Å². The van der Waals surface area contributed by atoms with E-state index < -0.39 is 0 Å². The van der Waals surface area contributed by atoms with Gasteiger partial charge in [-0.1, -0.05) is 12.1 Å². The standard InChI is InChI=1S/C26H23N7O3/c1-35-26(34)19-5-2-4-18(14-19)21-7-9-32(29-21)23-16-25(31-10-12-36-13-11-31)33-24(28-23)15-22(30-33)20-6-3-8-27-17-20/h2-9,14-17H,10-13H2,1H3. The molecule has 0 spiro atoms. The van der Waals surface area contributed by atoms with Crippen LogP contribution in [0.3, 0.4) is 0 Å². The van der Waals surface area contributed by atoms with Gasteiger partial charge in [0.05, 0.1) is 37.3 Å². The number of aromatic nitrogens is 6. The van der Waals surface area contributed by atoms with Crippen LogP contribution in [-0.2, 0) is 9.47 Å². The number of morpholine rings is 1. The fourth-order valence-corrected chi connectivity index (χ4v) is 4.26. The van der Waals surface area contributed by atoms with Gasteiger partial charge in [-0.05, 0) is 30.3 Å². The molecule has 0 unspecified atom stereocenters. The first-order valence-corrected chi connectivity index (χ1v) is 11.6. The minimum absolute atomic E-state index is 0.385. The molecular formula is C26H23N7O3. The predicted molar refractivity (Wildman–Crippen MR) is 133 cm³/mol. The predicted octanol–water partition coefficient (Wildman–Crippen LogP) is 3.27. The highest BCUT2D eigenvalue weighted by Crippen LogP contribution is 2.26. The summed E-state index contributed by atoms with van der Waals surface area (Å²) < 4.78 is 14.0. The van der Waals surface area contributed by atoms with E-state index in [1.165, 1.54) is 7.11 Å². The Labute approximate surface area is 206 Å². The molecule has 4 aromatic heterocycles. The van der Waals surface area contributed by atoms with Crippen molar-refractivity contribution in [3.05, 3.63) is 78.8 Å². The van der Waals surface area contributed by atoms with Crippen LogP contribution in [0.5, 0.6) is 0 Å². The van der Waals surface area contributed by atoms with Crippen LogP contribution in [0, 0.1) is 0 Å². The minimum atomic E-state index is -0.385. The lowest BCUT2D eigenvalue weighted by molar-refractivity contribution is 0.0601. The molecule has 0 amide bonds. The van der Waals surface area contributed by atoms with Gasteiger partial charge < -0.3 is 14.4 Å². The molecule has 36 heavy (non-hydrogen) atoms. The summed E-state index contributed by atoms with van der Waals surface area (Å²) in [6, 6.07) is 16.9. The number of hydrogen-bond donors (Lipinski definition) is 0.